The van der Waals surface area contributed by atoms with Crippen molar-refractivity contribution in [2.24, 2.45) is 0 Å². The average Bonchev–Trinajstić information content (AvgIpc) is 2.56. The highest BCUT2D eigenvalue weighted by molar-refractivity contribution is 5.77. The normalized spacial score (nSPS) is 15.1. The Labute approximate surface area is 107 Å². The minimum Gasteiger partial charge on any atom is -0.493 e. The fourth-order valence-electron chi connectivity index (χ4n) is 2.32. The van der Waals surface area contributed by atoms with Crippen molar-refractivity contribution in [1.82, 2.24) is 4.90 Å². The van der Waals surface area contributed by atoms with Crippen molar-refractivity contribution in [3.05, 3.63) is 23.3 Å². The first-order valence-corrected chi connectivity index (χ1v) is 6.21. The number of ether oxygens (including phenoxy) is 2. The summed E-state index contributed by atoms with van der Waals surface area (Å²) in [5.74, 6) is 1.67. The molecule has 0 unspecified atom stereocenters. The van der Waals surface area contributed by atoms with Crippen molar-refractivity contribution in [2.45, 2.75) is 26.3 Å². The molecule has 1 aliphatic heterocycles. The van der Waals surface area contributed by atoms with Gasteiger partial charge in [0.25, 0.3) is 0 Å². The Morgan fingerprint density at radius 2 is 1.72 bits per heavy atom. The largest absolute Gasteiger partial charge is 0.493 e. The quantitative estimate of drug-likeness (QED) is 0.822. The predicted molar refractivity (Wildman–Crippen MR) is 69.0 cm³/mol. The summed E-state index contributed by atoms with van der Waals surface area (Å²) >= 11 is 0. The summed E-state index contributed by atoms with van der Waals surface area (Å²) < 4.78 is 10.6. The third-order valence-corrected chi connectivity index (χ3v) is 3.41. The summed E-state index contributed by atoms with van der Waals surface area (Å²) in [5.41, 5.74) is 2.33. The number of rotatable bonds is 3. The zero-order valence-corrected chi connectivity index (χ0v) is 11.2. The van der Waals surface area contributed by atoms with E-state index in [1.807, 2.05) is 24.0 Å². The molecule has 98 valence electrons. The van der Waals surface area contributed by atoms with E-state index < -0.39 is 0 Å². The van der Waals surface area contributed by atoms with Gasteiger partial charge < -0.3 is 14.4 Å². The maximum atomic E-state index is 11.9. The fraction of sp³-hybridized carbons (Fsp3) is 0.500. The summed E-state index contributed by atoms with van der Waals surface area (Å²) in [6.45, 7) is 3.40. The highest BCUT2D eigenvalue weighted by Gasteiger charge is 2.21. The van der Waals surface area contributed by atoms with Crippen LogP contribution in [0.25, 0.3) is 0 Å². The van der Waals surface area contributed by atoms with E-state index in [1.54, 1.807) is 14.2 Å². The number of carbonyl (C=O) groups excluding carboxylic acids is 1. The molecular formula is C14H19NO3. The molecule has 0 fully saturated rings. The molecule has 0 aromatic heterocycles. The van der Waals surface area contributed by atoms with Crippen LogP contribution in [0.5, 0.6) is 11.5 Å². The van der Waals surface area contributed by atoms with E-state index in [4.69, 9.17) is 9.47 Å². The Hall–Kier alpha value is -1.71. The molecule has 0 atom stereocenters. The van der Waals surface area contributed by atoms with Gasteiger partial charge in [0, 0.05) is 19.5 Å². The van der Waals surface area contributed by atoms with E-state index in [1.165, 1.54) is 5.56 Å². The van der Waals surface area contributed by atoms with Crippen LogP contribution in [-0.4, -0.2) is 31.6 Å². The van der Waals surface area contributed by atoms with Gasteiger partial charge in [0.15, 0.2) is 11.5 Å². The van der Waals surface area contributed by atoms with Crippen molar-refractivity contribution >= 4 is 5.91 Å². The number of amides is 1. The molecule has 1 aromatic rings. The van der Waals surface area contributed by atoms with Crippen molar-refractivity contribution in [2.75, 3.05) is 20.8 Å². The number of nitrogens with zero attached hydrogens (tertiary/aromatic N) is 1. The van der Waals surface area contributed by atoms with Gasteiger partial charge in [0.1, 0.15) is 0 Å². The lowest BCUT2D eigenvalue weighted by Crippen LogP contribution is -2.28. The lowest BCUT2D eigenvalue weighted by atomic mass is 10.0. The summed E-state index contributed by atoms with van der Waals surface area (Å²) in [4.78, 5) is 13.8. The van der Waals surface area contributed by atoms with E-state index in [9.17, 15) is 4.79 Å². The molecule has 0 radical (unpaired) electrons. The molecule has 4 nitrogen and oxygen atoms in total. The van der Waals surface area contributed by atoms with Crippen molar-refractivity contribution in [3.63, 3.8) is 0 Å². The number of carbonyl (C=O) groups is 1. The molecule has 4 heteroatoms. The molecule has 0 aliphatic carbocycles. The number of aryl methyl sites for hydroxylation is 1. The highest BCUT2D eigenvalue weighted by atomic mass is 16.5. The number of hydrogen-bond acceptors (Lipinski definition) is 3. The van der Waals surface area contributed by atoms with Crippen molar-refractivity contribution < 1.29 is 14.3 Å². The van der Waals surface area contributed by atoms with E-state index >= 15 is 0 Å². The van der Waals surface area contributed by atoms with Gasteiger partial charge in [-0.05, 0) is 36.6 Å². The van der Waals surface area contributed by atoms with E-state index in [0.717, 1.165) is 30.0 Å². The van der Waals surface area contributed by atoms with Gasteiger partial charge in [0.05, 0.1) is 14.2 Å². The fourth-order valence-corrected chi connectivity index (χ4v) is 2.32. The van der Waals surface area contributed by atoms with Crippen LogP contribution in [0, 0.1) is 0 Å². The van der Waals surface area contributed by atoms with Crippen LogP contribution in [0.15, 0.2) is 12.1 Å². The van der Waals surface area contributed by atoms with Gasteiger partial charge in [-0.1, -0.05) is 0 Å². The summed E-state index contributed by atoms with van der Waals surface area (Å²) in [6, 6.07) is 3.97. The number of benzene rings is 1. The van der Waals surface area contributed by atoms with Crippen LogP contribution in [0.2, 0.25) is 0 Å². The number of fused-ring (bicyclic) bond motifs is 1. The second-order valence-electron chi connectivity index (χ2n) is 4.38. The van der Waals surface area contributed by atoms with Crippen LogP contribution in [0.4, 0.5) is 0 Å². The SMILES string of the molecule is CCN1Cc2cc(OC)c(OC)cc2CCC1=O. The summed E-state index contributed by atoms with van der Waals surface area (Å²) in [6.07, 6.45) is 1.33. The smallest absolute Gasteiger partial charge is 0.223 e. The maximum Gasteiger partial charge on any atom is 0.223 e. The third kappa shape index (κ3) is 2.28. The second-order valence-corrected chi connectivity index (χ2v) is 4.38. The Bertz CT molecular complexity index is 457. The molecule has 18 heavy (non-hydrogen) atoms. The molecule has 0 saturated carbocycles. The molecule has 0 spiro atoms. The average molecular weight is 249 g/mol. The summed E-state index contributed by atoms with van der Waals surface area (Å²) in [7, 11) is 3.26. The number of methoxy groups -OCH3 is 2. The first-order chi connectivity index (χ1) is 8.69. The van der Waals surface area contributed by atoms with Crippen molar-refractivity contribution in [3.8, 4) is 11.5 Å². The third-order valence-electron chi connectivity index (χ3n) is 3.41. The molecule has 0 N–H and O–H groups in total. The van der Waals surface area contributed by atoms with Gasteiger partial charge in [-0.25, -0.2) is 0 Å². The zero-order chi connectivity index (χ0) is 13.1. The van der Waals surface area contributed by atoms with Crippen LogP contribution >= 0.6 is 0 Å². The molecular weight excluding hydrogens is 230 g/mol. The van der Waals surface area contributed by atoms with Crippen LogP contribution < -0.4 is 9.47 Å². The zero-order valence-electron chi connectivity index (χ0n) is 11.2. The van der Waals surface area contributed by atoms with Gasteiger partial charge >= 0.3 is 0 Å². The van der Waals surface area contributed by atoms with Gasteiger partial charge in [-0.2, -0.15) is 0 Å². The first kappa shape index (κ1) is 12.7. The maximum absolute atomic E-state index is 11.9. The van der Waals surface area contributed by atoms with Crippen LogP contribution in [0.3, 0.4) is 0 Å². The molecule has 0 saturated heterocycles. The lowest BCUT2D eigenvalue weighted by molar-refractivity contribution is -0.131. The highest BCUT2D eigenvalue weighted by Crippen LogP contribution is 2.33. The Morgan fingerprint density at radius 3 is 2.28 bits per heavy atom. The minimum absolute atomic E-state index is 0.214. The van der Waals surface area contributed by atoms with Crippen LogP contribution in [0.1, 0.15) is 24.5 Å². The van der Waals surface area contributed by atoms with E-state index in [-0.39, 0.29) is 5.91 Å². The molecule has 0 bridgehead atoms. The first-order valence-electron chi connectivity index (χ1n) is 6.21. The predicted octanol–water partition coefficient (Wildman–Crippen LogP) is 2.00. The topological polar surface area (TPSA) is 38.8 Å². The molecule has 1 aromatic carbocycles. The van der Waals surface area contributed by atoms with Crippen molar-refractivity contribution in [1.29, 1.82) is 0 Å². The molecule has 1 amide bonds. The Balaban J connectivity index is 2.41. The van der Waals surface area contributed by atoms with Gasteiger partial charge in [-0.3, -0.25) is 4.79 Å². The van der Waals surface area contributed by atoms with Gasteiger partial charge in [-0.15, -0.1) is 0 Å². The molecule has 2 rings (SSSR count). The monoisotopic (exact) mass is 249 g/mol. The Kier molecular flexibility index (Phi) is 3.75. The summed E-state index contributed by atoms with van der Waals surface area (Å²) in [5, 5.41) is 0. The lowest BCUT2D eigenvalue weighted by Gasteiger charge is -2.19. The van der Waals surface area contributed by atoms with E-state index in [2.05, 4.69) is 0 Å². The number of hydrogen-bond donors (Lipinski definition) is 0. The molecule has 1 heterocycles. The Morgan fingerprint density at radius 1 is 1.11 bits per heavy atom. The molecule has 1 aliphatic rings. The minimum atomic E-state index is 0.214. The van der Waals surface area contributed by atoms with Crippen LogP contribution in [-0.2, 0) is 17.8 Å². The second kappa shape index (κ2) is 5.29. The standard InChI is InChI=1S/C14H19NO3/c1-4-15-9-11-8-13(18-3)12(17-2)7-10(11)5-6-14(15)16/h7-8H,4-6,9H2,1-3H3. The van der Waals surface area contributed by atoms with E-state index in [0.29, 0.717) is 13.0 Å². The van der Waals surface area contributed by atoms with Gasteiger partial charge in [0.2, 0.25) is 5.91 Å².